The molecular weight excluding hydrogens is 347 g/mol. The third-order valence-corrected chi connectivity index (χ3v) is 3.78. The van der Waals surface area contributed by atoms with Gasteiger partial charge >= 0.3 is 5.97 Å². The van der Waals surface area contributed by atoms with Crippen molar-refractivity contribution in [3.8, 4) is 0 Å². The van der Waals surface area contributed by atoms with E-state index in [0.717, 1.165) is 5.56 Å². The second kappa shape index (κ2) is 7.49. The summed E-state index contributed by atoms with van der Waals surface area (Å²) in [5.41, 5.74) is 6.74. The summed E-state index contributed by atoms with van der Waals surface area (Å²) in [6.45, 7) is 0. The molecule has 0 amide bonds. The van der Waals surface area contributed by atoms with Gasteiger partial charge in [-0.3, -0.25) is 0 Å². The van der Waals surface area contributed by atoms with Gasteiger partial charge in [0.1, 0.15) is 5.84 Å². The number of hydrogen-bond acceptors (Lipinski definition) is 3. The molecule has 0 bridgehead atoms. The summed E-state index contributed by atoms with van der Waals surface area (Å²) in [7, 11) is 0. The number of nitrogens with two attached hydrogens (primary N) is 1. The maximum Gasteiger partial charge on any atom is 0.367 e. The van der Waals surface area contributed by atoms with Crippen molar-refractivity contribution in [3.63, 3.8) is 0 Å². The first kappa shape index (κ1) is 16.6. The van der Waals surface area contributed by atoms with Gasteiger partial charge in [-0.15, -0.1) is 0 Å². The summed E-state index contributed by atoms with van der Waals surface area (Å²) in [6.07, 6.45) is 0.271. The lowest BCUT2D eigenvalue weighted by molar-refractivity contribution is 0.0515. The Bertz CT molecular complexity index is 732. The number of oxime groups is 1. The lowest BCUT2D eigenvalue weighted by atomic mass is 10.1. The van der Waals surface area contributed by atoms with Crippen molar-refractivity contribution in [2.75, 3.05) is 0 Å². The molecule has 4 nitrogen and oxygen atoms in total. The largest absolute Gasteiger partial charge is 0.384 e. The number of amidine groups is 1. The highest BCUT2D eigenvalue weighted by molar-refractivity contribution is 6.42. The average Bonchev–Trinajstić information content (AvgIpc) is 2.49. The topological polar surface area (TPSA) is 64.7 Å². The van der Waals surface area contributed by atoms with Crippen LogP contribution in [0.15, 0.2) is 47.6 Å². The second-order valence-electron chi connectivity index (χ2n) is 4.37. The lowest BCUT2D eigenvalue weighted by Crippen LogP contribution is -2.16. The SMILES string of the molecule is N/C(Cc1ccc(Cl)c(Cl)c1)=N\OC(=O)c1ccccc1Cl. The van der Waals surface area contributed by atoms with Gasteiger partial charge in [-0.1, -0.05) is 58.2 Å². The van der Waals surface area contributed by atoms with Crippen molar-refractivity contribution < 1.29 is 9.63 Å². The number of hydrogen-bond donors (Lipinski definition) is 1. The molecule has 0 heterocycles. The highest BCUT2D eigenvalue weighted by Gasteiger charge is 2.11. The van der Waals surface area contributed by atoms with Crippen LogP contribution in [0, 0.1) is 0 Å². The lowest BCUT2D eigenvalue weighted by Gasteiger charge is -2.04. The van der Waals surface area contributed by atoms with Gasteiger partial charge in [-0.2, -0.15) is 0 Å². The predicted molar refractivity (Wildman–Crippen MR) is 88.7 cm³/mol. The fourth-order valence-corrected chi connectivity index (χ4v) is 2.20. The van der Waals surface area contributed by atoms with Crippen LogP contribution in [0.2, 0.25) is 15.1 Å². The van der Waals surface area contributed by atoms with E-state index in [4.69, 9.17) is 45.4 Å². The monoisotopic (exact) mass is 356 g/mol. The van der Waals surface area contributed by atoms with Gasteiger partial charge in [0.05, 0.1) is 20.6 Å². The van der Waals surface area contributed by atoms with Crippen LogP contribution in [-0.4, -0.2) is 11.8 Å². The minimum Gasteiger partial charge on any atom is -0.384 e. The minimum atomic E-state index is -0.678. The summed E-state index contributed by atoms with van der Waals surface area (Å²) in [4.78, 5) is 16.6. The van der Waals surface area contributed by atoms with Crippen molar-refractivity contribution in [1.82, 2.24) is 0 Å². The molecule has 7 heteroatoms. The molecule has 0 unspecified atom stereocenters. The van der Waals surface area contributed by atoms with Crippen LogP contribution in [0.25, 0.3) is 0 Å². The Morgan fingerprint density at radius 3 is 2.45 bits per heavy atom. The van der Waals surface area contributed by atoms with Gasteiger partial charge in [0.15, 0.2) is 0 Å². The molecule has 0 atom stereocenters. The molecule has 114 valence electrons. The predicted octanol–water partition coefficient (Wildman–Crippen LogP) is 4.32. The van der Waals surface area contributed by atoms with Gasteiger partial charge in [0, 0.05) is 6.42 Å². The van der Waals surface area contributed by atoms with Gasteiger partial charge in [0.25, 0.3) is 0 Å². The van der Waals surface area contributed by atoms with Gasteiger partial charge in [-0.05, 0) is 29.8 Å². The Balaban J connectivity index is 2.02. The number of carbonyl (C=O) groups excluding carboxylic acids is 1. The van der Waals surface area contributed by atoms with Crippen molar-refractivity contribution in [1.29, 1.82) is 0 Å². The standard InChI is InChI=1S/C15H11Cl3N2O2/c16-11-4-2-1-3-10(11)15(21)22-20-14(19)8-9-5-6-12(17)13(18)7-9/h1-7H,8H2,(H2,19,20). The summed E-state index contributed by atoms with van der Waals surface area (Å²) in [6, 6.07) is 11.6. The van der Waals surface area contributed by atoms with Crippen LogP contribution in [0.5, 0.6) is 0 Å². The molecule has 0 aliphatic carbocycles. The Kier molecular flexibility index (Phi) is 5.66. The molecule has 0 radical (unpaired) electrons. The van der Waals surface area contributed by atoms with Crippen molar-refractivity contribution >= 4 is 46.6 Å². The molecule has 0 aromatic heterocycles. The van der Waals surface area contributed by atoms with E-state index < -0.39 is 5.97 Å². The minimum absolute atomic E-state index is 0.124. The van der Waals surface area contributed by atoms with Gasteiger partial charge in [0.2, 0.25) is 0 Å². The Labute approximate surface area is 142 Å². The summed E-state index contributed by atoms with van der Waals surface area (Å²) < 4.78 is 0. The third-order valence-electron chi connectivity index (χ3n) is 2.71. The van der Waals surface area contributed by atoms with E-state index in [2.05, 4.69) is 5.16 Å². The second-order valence-corrected chi connectivity index (χ2v) is 5.59. The molecular formula is C15H11Cl3N2O2. The van der Waals surface area contributed by atoms with Crippen molar-refractivity contribution in [2.45, 2.75) is 6.42 Å². The van der Waals surface area contributed by atoms with Crippen LogP contribution >= 0.6 is 34.8 Å². The summed E-state index contributed by atoms with van der Waals surface area (Å²) in [5, 5.41) is 4.75. The van der Waals surface area contributed by atoms with Crippen LogP contribution < -0.4 is 5.73 Å². The van der Waals surface area contributed by atoms with Crippen molar-refractivity contribution in [2.24, 2.45) is 10.9 Å². The average molecular weight is 358 g/mol. The van der Waals surface area contributed by atoms with E-state index >= 15 is 0 Å². The van der Waals surface area contributed by atoms with E-state index in [1.165, 1.54) is 6.07 Å². The fourth-order valence-electron chi connectivity index (χ4n) is 1.67. The summed E-state index contributed by atoms with van der Waals surface area (Å²) >= 11 is 17.6. The van der Waals surface area contributed by atoms with Crippen LogP contribution in [-0.2, 0) is 11.3 Å². The molecule has 2 N–H and O–H groups in total. The smallest absolute Gasteiger partial charge is 0.367 e. The van der Waals surface area contributed by atoms with E-state index in [9.17, 15) is 4.79 Å². The molecule has 0 fully saturated rings. The first-order chi connectivity index (χ1) is 10.5. The number of rotatable bonds is 4. The van der Waals surface area contributed by atoms with Crippen molar-refractivity contribution in [3.05, 3.63) is 68.7 Å². The Hall–Kier alpha value is -1.75. The Morgan fingerprint density at radius 2 is 1.77 bits per heavy atom. The fraction of sp³-hybridized carbons (Fsp3) is 0.0667. The highest BCUT2D eigenvalue weighted by atomic mass is 35.5. The van der Waals surface area contributed by atoms with Gasteiger partial charge < -0.3 is 10.6 Å². The number of halogens is 3. The van der Waals surface area contributed by atoms with E-state index in [1.807, 2.05) is 0 Å². The van der Waals surface area contributed by atoms with Crippen LogP contribution in [0.3, 0.4) is 0 Å². The van der Waals surface area contributed by atoms with E-state index in [0.29, 0.717) is 10.0 Å². The molecule has 2 aromatic rings. The molecule has 0 aliphatic rings. The molecule has 0 saturated heterocycles. The first-order valence-electron chi connectivity index (χ1n) is 6.19. The van der Waals surface area contributed by atoms with Crippen LogP contribution in [0.4, 0.5) is 0 Å². The Morgan fingerprint density at radius 1 is 1.05 bits per heavy atom. The first-order valence-corrected chi connectivity index (χ1v) is 7.33. The maximum atomic E-state index is 11.8. The molecule has 2 rings (SSSR count). The molecule has 2 aromatic carbocycles. The maximum absolute atomic E-state index is 11.8. The molecule has 0 spiro atoms. The van der Waals surface area contributed by atoms with Crippen LogP contribution in [0.1, 0.15) is 15.9 Å². The zero-order valence-electron chi connectivity index (χ0n) is 11.2. The zero-order chi connectivity index (χ0) is 16.1. The normalized spacial score (nSPS) is 11.3. The number of benzene rings is 2. The van der Waals surface area contributed by atoms with E-state index in [1.54, 1.807) is 36.4 Å². The summed E-state index contributed by atoms with van der Waals surface area (Å²) in [5.74, 6) is -0.554. The third kappa shape index (κ3) is 4.37. The number of nitrogens with zero attached hydrogens (tertiary/aromatic N) is 1. The molecule has 22 heavy (non-hydrogen) atoms. The van der Waals surface area contributed by atoms with E-state index in [-0.39, 0.29) is 22.8 Å². The highest BCUT2D eigenvalue weighted by Crippen LogP contribution is 2.22. The quantitative estimate of drug-likeness (QED) is 0.383. The molecule has 0 aliphatic heterocycles. The van der Waals surface area contributed by atoms with Gasteiger partial charge in [-0.25, -0.2) is 4.79 Å². The molecule has 0 saturated carbocycles. The number of carbonyl (C=O) groups is 1. The zero-order valence-corrected chi connectivity index (χ0v) is 13.5.